The Bertz CT molecular complexity index is 1030. The summed E-state index contributed by atoms with van der Waals surface area (Å²) in [6.45, 7) is 5.32. The number of fused-ring (bicyclic) bond motifs is 1. The number of benzene rings is 2. The van der Waals surface area contributed by atoms with Crippen molar-refractivity contribution in [2.45, 2.75) is 19.8 Å². The number of nitrogens with zero attached hydrogens (tertiary/aromatic N) is 2. The molecule has 0 saturated carbocycles. The number of hydrogen-bond acceptors (Lipinski definition) is 4. The van der Waals surface area contributed by atoms with E-state index in [0.29, 0.717) is 41.2 Å². The molecular formula is C23H22ClN3O2. The molecule has 1 amide bonds. The summed E-state index contributed by atoms with van der Waals surface area (Å²) in [5.41, 5.74) is 3.23. The minimum absolute atomic E-state index is 0.215. The van der Waals surface area contributed by atoms with Gasteiger partial charge in [0.15, 0.2) is 11.6 Å². The zero-order valence-electron chi connectivity index (χ0n) is 16.4. The largest absolute Gasteiger partial charge is 0.489 e. The van der Waals surface area contributed by atoms with Gasteiger partial charge in [-0.3, -0.25) is 4.79 Å². The smallest absolute Gasteiger partial charge is 0.259 e. The minimum atomic E-state index is -0.215. The first-order chi connectivity index (χ1) is 14.0. The number of halogens is 1. The van der Waals surface area contributed by atoms with Gasteiger partial charge in [0, 0.05) is 11.9 Å². The molecule has 3 aromatic rings. The van der Waals surface area contributed by atoms with Gasteiger partial charge in [0.05, 0.1) is 22.8 Å². The van der Waals surface area contributed by atoms with E-state index in [2.05, 4.69) is 24.1 Å². The van der Waals surface area contributed by atoms with Gasteiger partial charge < -0.3 is 15.0 Å². The second kappa shape index (κ2) is 8.13. The number of hydrogen-bond donors (Lipinski definition) is 1. The van der Waals surface area contributed by atoms with E-state index in [1.54, 1.807) is 24.4 Å². The van der Waals surface area contributed by atoms with Crippen LogP contribution in [0.15, 0.2) is 60.8 Å². The van der Waals surface area contributed by atoms with Gasteiger partial charge in [-0.2, -0.15) is 0 Å². The van der Waals surface area contributed by atoms with E-state index in [-0.39, 0.29) is 5.91 Å². The molecule has 1 aromatic heterocycles. The third-order valence-electron chi connectivity index (χ3n) is 4.92. The summed E-state index contributed by atoms with van der Waals surface area (Å²) >= 11 is 6.34. The summed E-state index contributed by atoms with van der Waals surface area (Å²) in [5, 5.41) is 3.52. The molecule has 0 fully saturated rings. The molecule has 1 aliphatic rings. The lowest BCUT2D eigenvalue weighted by Gasteiger charge is -2.31. The Morgan fingerprint density at radius 2 is 1.93 bits per heavy atom. The van der Waals surface area contributed by atoms with Crippen LogP contribution in [0.5, 0.6) is 5.75 Å². The first-order valence-corrected chi connectivity index (χ1v) is 9.97. The van der Waals surface area contributed by atoms with Crippen LogP contribution in [0.2, 0.25) is 5.02 Å². The highest BCUT2D eigenvalue weighted by molar-refractivity contribution is 6.33. The molecule has 0 saturated heterocycles. The van der Waals surface area contributed by atoms with Crippen molar-refractivity contribution >= 4 is 34.7 Å². The summed E-state index contributed by atoms with van der Waals surface area (Å²) < 4.78 is 5.88. The number of amides is 1. The van der Waals surface area contributed by atoms with Crippen molar-refractivity contribution in [2.24, 2.45) is 0 Å². The quantitative estimate of drug-likeness (QED) is 0.608. The van der Waals surface area contributed by atoms with Crippen LogP contribution >= 0.6 is 11.6 Å². The highest BCUT2D eigenvalue weighted by Gasteiger charge is 2.26. The number of rotatable bonds is 4. The maximum Gasteiger partial charge on any atom is 0.259 e. The van der Waals surface area contributed by atoms with E-state index in [0.717, 1.165) is 11.4 Å². The van der Waals surface area contributed by atoms with Crippen LogP contribution in [-0.2, 0) is 0 Å². The van der Waals surface area contributed by atoms with Gasteiger partial charge in [-0.25, -0.2) is 4.98 Å². The molecule has 0 bridgehead atoms. The lowest BCUT2D eigenvalue weighted by atomic mass is 10.0. The van der Waals surface area contributed by atoms with Crippen molar-refractivity contribution in [2.75, 3.05) is 23.4 Å². The highest BCUT2D eigenvalue weighted by atomic mass is 35.5. The average molecular weight is 408 g/mol. The van der Waals surface area contributed by atoms with Crippen molar-refractivity contribution in [1.29, 1.82) is 0 Å². The molecule has 2 heterocycles. The fraction of sp³-hybridized carbons (Fsp3) is 0.217. The Kier molecular flexibility index (Phi) is 5.41. The van der Waals surface area contributed by atoms with Gasteiger partial charge in [0.1, 0.15) is 6.61 Å². The number of anilines is 3. The van der Waals surface area contributed by atoms with Gasteiger partial charge in [0.2, 0.25) is 0 Å². The van der Waals surface area contributed by atoms with Gasteiger partial charge in [0.25, 0.3) is 5.91 Å². The van der Waals surface area contributed by atoms with Crippen molar-refractivity contribution in [3.63, 3.8) is 0 Å². The molecular weight excluding hydrogens is 386 g/mol. The molecule has 0 spiro atoms. The summed E-state index contributed by atoms with van der Waals surface area (Å²) in [5.74, 6) is 1.42. The number of pyridine rings is 1. The summed E-state index contributed by atoms with van der Waals surface area (Å²) in [7, 11) is 0. The normalized spacial score (nSPS) is 13.0. The Hall–Kier alpha value is -3.05. The maximum absolute atomic E-state index is 13.0. The van der Waals surface area contributed by atoms with Gasteiger partial charge >= 0.3 is 0 Å². The molecule has 0 atom stereocenters. The van der Waals surface area contributed by atoms with Gasteiger partial charge in [-0.1, -0.05) is 43.6 Å². The molecule has 0 aliphatic carbocycles. The van der Waals surface area contributed by atoms with E-state index in [4.69, 9.17) is 16.3 Å². The summed E-state index contributed by atoms with van der Waals surface area (Å²) in [4.78, 5) is 19.3. The highest BCUT2D eigenvalue weighted by Crippen LogP contribution is 2.40. The predicted octanol–water partition coefficient (Wildman–Crippen LogP) is 5.64. The summed E-state index contributed by atoms with van der Waals surface area (Å²) in [6, 6.07) is 17.0. The zero-order chi connectivity index (χ0) is 20.4. The van der Waals surface area contributed by atoms with Crippen LogP contribution in [0.25, 0.3) is 0 Å². The van der Waals surface area contributed by atoms with Crippen molar-refractivity contribution in [3.05, 3.63) is 76.9 Å². The van der Waals surface area contributed by atoms with Gasteiger partial charge in [-0.15, -0.1) is 0 Å². The Balaban J connectivity index is 1.63. The third-order valence-corrected chi connectivity index (χ3v) is 5.22. The van der Waals surface area contributed by atoms with Crippen LogP contribution < -0.4 is 15.0 Å². The molecule has 1 N–H and O–H groups in total. The first kappa shape index (κ1) is 19.3. The maximum atomic E-state index is 13.0. The van der Waals surface area contributed by atoms with E-state index in [9.17, 15) is 4.79 Å². The average Bonchev–Trinajstić information content (AvgIpc) is 2.73. The van der Waals surface area contributed by atoms with Crippen molar-refractivity contribution < 1.29 is 9.53 Å². The van der Waals surface area contributed by atoms with Crippen molar-refractivity contribution in [1.82, 2.24) is 4.98 Å². The monoisotopic (exact) mass is 407 g/mol. The van der Waals surface area contributed by atoms with Crippen LogP contribution in [0.4, 0.5) is 17.2 Å². The number of ether oxygens (including phenoxy) is 1. The van der Waals surface area contributed by atoms with Crippen molar-refractivity contribution in [3.8, 4) is 5.75 Å². The second-order valence-corrected chi connectivity index (χ2v) is 7.60. The van der Waals surface area contributed by atoms with Gasteiger partial charge in [-0.05, 0) is 47.9 Å². The summed E-state index contributed by atoms with van der Waals surface area (Å²) in [6.07, 6.45) is 1.70. The molecule has 0 unspecified atom stereocenters. The third kappa shape index (κ3) is 3.91. The lowest BCUT2D eigenvalue weighted by molar-refractivity contribution is 0.102. The van der Waals surface area contributed by atoms with E-state index >= 15 is 0 Å². The topological polar surface area (TPSA) is 54.5 Å². The molecule has 4 rings (SSSR count). The number of aromatic nitrogens is 1. The van der Waals surface area contributed by atoms with Crippen LogP contribution in [0, 0.1) is 0 Å². The molecule has 29 heavy (non-hydrogen) atoms. The van der Waals surface area contributed by atoms with Crippen LogP contribution in [0.3, 0.4) is 0 Å². The first-order valence-electron chi connectivity index (χ1n) is 9.60. The fourth-order valence-electron chi connectivity index (χ4n) is 3.37. The zero-order valence-corrected chi connectivity index (χ0v) is 17.1. The Morgan fingerprint density at radius 3 is 2.66 bits per heavy atom. The molecule has 1 aliphatic heterocycles. The standard InChI is InChI=1S/C23H22ClN3O2/c1-15(2)16-8-10-17(11-9-16)26-23(28)18-5-3-7-20-21(18)29-14-13-27(20)22-19(24)6-4-12-25-22/h3-12,15H,13-14H2,1-2H3,(H,26,28). The molecule has 148 valence electrons. The molecule has 6 heteroatoms. The molecule has 2 aromatic carbocycles. The predicted molar refractivity (Wildman–Crippen MR) is 117 cm³/mol. The fourth-order valence-corrected chi connectivity index (χ4v) is 3.60. The number of carbonyl (C=O) groups excluding carboxylic acids is 1. The minimum Gasteiger partial charge on any atom is -0.489 e. The van der Waals surface area contributed by atoms with Crippen LogP contribution in [0.1, 0.15) is 35.7 Å². The van der Waals surface area contributed by atoms with E-state index < -0.39 is 0 Å². The Labute approximate surface area is 175 Å². The number of carbonyl (C=O) groups is 1. The van der Waals surface area contributed by atoms with Crippen LogP contribution in [-0.4, -0.2) is 24.0 Å². The lowest BCUT2D eigenvalue weighted by Crippen LogP contribution is -2.30. The number of para-hydroxylation sites is 1. The molecule has 0 radical (unpaired) electrons. The Morgan fingerprint density at radius 1 is 1.14 bits per heavy atom. The second-order valence-electron chi connectivity index (χ2n) is 7.19. The van der Waals surface area contributed by atoms with E-state index in [1.807, 2.05) is 41.3 Å². The van der Waals surface area contributed by atoms with E-state index in [1.165, 1.54) is 5.56 Å². The SMILES string of the molecule is CC(C)c1ccc(NC(=O)c2cccc3c2OCCN3c2ncccc2Cl)cc1. The number of nitrogens with one attached hydrogen (secondary N) is 1. The molecule has 5 nitrogen and oxygen atoms in total.